The van der Waals surface area contributed by atoms with Crippen molar-refractivity contribution in [2.24, 2.45) is 0 Å². The Morgan fingerprint density at radius 1 is 1.17 bits per heavy atom. The summed E-state index contributed by atoms with van der Waals surface area (Å²) in [5, 5.41) is 13.6. The van der Waals surface area contributed by atoms with Gasteiger partial charge in [-0.3, -0.25) is 24.7 Å². The van der Waals surface area contributed by atoms with Gasteiger partial charge in [0.05, 0.1) is 24.7 Å². The Kier molecular flexibility index (Phi) is 7.89. The molecule has 0 aromatic heterocycles. The number of nitro benzene ring substituents is 1. The Labute approximate surface area is 176 Å². The molecule has 1 atom stereocenters. The molecule has 3 rings (SSSR count). The van der Waals surface area contributed by atoms with Gasteiger partial charge in [-0.1, -0.05) is 30.3 Å². The second kappa shape index (κ2) is 10.8. The van der Waals surface area contributed by atoms with Gasteiger partial charge in [-0.15, -0.1) is 0 Å². The van der Waals surface area contributed by atoms with Gasteiger partial charge in [0.2, 0.25) is 5.91 Å². The number of hydrogen-bond donors (Lipinski definition) is 1. The number of carbonyl (C=O) groups excluding carboxylic acids is 1. The van der Waals surface area contributed by atoms with Crippen LogP contribution < -0.4 is 5.32 Å². The Bertz CT molecular complexity index is 823. The quantitative estimate of drug-likeness (QED) is 0.503. The van der Waals surface area contributed by atoms with Crippen molar-refractivity contribution in [3.05, 3.63) is 70.3 Å². The molecule has 8 nitrogen and oxygen atoms in total. The molecule has 1 aliphatic heterocycles. The van der Waals surface area contributed by atoms with Crippen LogP contribution in [0.15, 0.2) is 54.6 Å². The maximum Gasteiger partial charge on any atom is 0.269 e. The average molecular weight is 412 g/mol. The summed E-state index contributed by atoms with van der Waals surface area (Å²) in [4.78, 5) is 27.6. The number of benzene rings is 2. The number of rotatable bonds is 9. The molecule has 8 heteroatoms. The second-order valence-electron chi connectivity index (χ2n) is 7.50. The predicted molar refractivity (Wildman–Crippen MR) is 115 cm³/mol. The van der Waals surface area contributed by atoms with Crippen LogP contribution in [0.4, 0.5) is 11.4 Å². The topological polar surface area (TPSA) is 88.0 Å². The highest BCUT2D eigenvalue weighted by atomic mass is 16.6. The molecule has 1 saturated heterocycles. The fourth-order valence-corrected chi connectivity index (χ4v) is 3.51. The first-order valence-electron chi connectivity index (χ1n) is 10.1. The van der Waals surface area contributed by atoms with E-state index in [9.17, 15) is 14.9 Å². The summed E-state index contributed by atoms with van der Waals surface area (Å²) in [7, 11) is 0. The minimum Gasteiger partial charge on any atom is -0.379 e. The van der Waals surface area contributed by atoms with Gasteiger partial charge in [0.15, 0.2) is 0 Å². The number of amides is 1. The number of anilines is 1. The van der Waals surface area contributed by atoms with Crippen LogP contribution in [0.25, 0.3) is 0 Å². The number of hydrogen-bond acceptors (Lipinski definition) is 6. The van der Waals surface area contributed by atoms with Crippen molar-refractivity contribution in [1.82, 2.24) is 9.80 Å². The zero-order chi connectivity index (χ0) is 21.3. The molecule has 1 aliphatic rings. The van der Waals surface area contributed by atoms with E-state index < -0.39 is 4.92 Å². The average Bonchev–Trinajstić information content (AvgIpc) is 2.75. The summed E-state index contributed by atoms with van der Waals surface area (Å²) < 4.78 is 5.43. The van der Waals surface area contributed by atoms with Gasteiger partial charge < -0.3 is 10.1 Å². The van der Waals surface area contributed by atoms with E-state index in [-0.39, 0.29) is 24.2 Å². The van der Waals surface area contributed by atoms with Gasteiger partial charge in [0, 0.05) is 50.0 Å². The summed E-state index contributed by atoms with van der Waals surface area (Å²) in [5.41, 5.74) is 1.69. The van der Waals surface area contributed by atoms with Crippen LogP contribution in [0.1, 0.15) is 12.5 Å². The molecule has 1 unspecified atom stereocenters. The Balaban J connectivity index is 1.64. The SMILES string of the molecule is CC(CN1CCOCC1)N(CC(=O)Nc1ccc([N+](=O)[O-])cc1)Cc1ccccc1. The molecule has 2 aromatic rings. The van der Waals surface area contributed by atoms with E-state index >= 15 is 0 Å². The van der Waals surface area contributed by atoms with Crippen molar-refractivity contribution in [2.75, 3.05) is 44.7 Å². The number of carbonyl (C=O) groups is 1. The predicted octanol–water partition coefficient (Wildman–Crippen LogP) is 2.76. The molecule has 0 bridgehead atoms. The van der Waals surface area contributed by atoms with Gasteiger partial charge in [-0.05, 0) is 24.6 Å². The van der Waals surface area contributed by atoms with Crippen molar-refractivity contribution in [2.45, 2.75) is 19.5 Å². The van der Waals surface area contributed by atoms with Crippen LogP contribution in [-0.4, -0.2) is 66.1 Å². The standard InChI is InChI=1S/C22H28N4O4/c1-18(15-24-11-13-30-14-12-24)25(16-19-5-3-2-4-6-19)17-22(27)23-20-7-9-21(10-8-20)26(28)29/h2-10,18H,11-17H2,1H3,(H,23,27). The Morgan fingerprint density at radius 2 is 1.83 bits per heavy atom. The van der Waals surface area contributed by atoms with E-state index in [1.807, 2.05) is 18.2 Å². The highest BCUT2D eigenvalue weighted by molar-refractivity contribution is 5.92. The molecular weight excluding hydrogens is 384 g/mol. The van der Waals surface area contributed by atoms with Crippen molar-refractivity contribution < 1.29 is 14.5 Å². The Hall–Kier alpha value is -2.81. The smallest absolute Gasteiger partial charge is 0.269 e. The molecule has 1 heterocycles. The van der Waals surface area contributed by atoms with Gasteiger partial charge in [-0.25, -0.2) is 0 Å². The van der Waals surface area contributed by atoms with E-state index in [0.29, 0.717) is 12.2 Å². The first-order valence-corrected chi connectivity index (χ1v) is 10.1. The van der Waals surface area contributed by atoms with Crippen molar-refractivity contribution in [3.8, 4) is 0 Å². The number of non-ortho nitro benzene ring substituents is 1. The monoisotopic (exact) mass is 412 g/mol. The molecular formula is C22H28N4O4. The third-order valence-electron chi connectivity index (χ3n) is 5.19. The lowest BCUT2D eigenvalue weighted by molar-refractivity contribution is -0.384. The number of nitrogens with one attached hydrogen (secondary N) is 1. The first-order chi connectivity index (χ1) is 14.5. The molecule has 160 valence electrons. The molecule has 1 amide bonds. The van der Waals surface area contributed by atoms with Crippen LogP contribution in [0.3, 0.4) is 0 Å². The van der Waals surface area contributed by atoms with Crippen molar-refractivity contribution in [3.63, 3.8) is 0 Å². The number of nitrogens with zero attached hydrogens (tertiary/aromatic N) is 3. The van der Waals surface area contributed by atoms with E-state index in [2.05, 4.69) is 34.2 Å². The molecule has 0 radical (unpaired) electrons. The van der Waals surface area contributed by atoms with E-state index in [1.165, 1.54) is 12.1 Å². The Morgan fingerprint density at radius 3 is 2.47 bits per heavy atom. The number of nitro groups is 1. The lowest BCUT2D eigenvalue weighted by Gasteiger charge is -2.34. The van der Waals surface area contributed by atoms with E-state index in [0.717, 1.165) is 38.4 Å². The van der Waals surface area contributed by atoms with E-state index in [1.54, 1.807) is 12.1 Å². The highest BCUT2D eigenvalue weighted by Crippen LogP contribution is 2.16. The summed E-state index contributed by atoms with van der Waals surface area (Å²) >= 11 is 0. The number of morpholine rings is 1. The minimum absolute atomic E-state index is 0.00200. The minimum atomic E-state index is -0.458. The highest BCUT2D eigenvalue weighted by Gasteiger charge is 2.21. The van der Waals surface area contributed by atoms with Crippen molar-refractivity contribution >= 4 is 17.3 Å². The lowest BCUT2D eigenvalue weighted by Crippen LogP contribution is -2.47. The fourth-order valence-electron chi connectivity index (χ4n) is 3.51. The summed E-state index contributed by atoms with van der Waals surface area (Å²) in [6.45, 7) is 7.19. The second-order valence-corrected chi connectivity index (χ2v) is 7.50. The van der Waals surface area contributed by atoms with Gasteiger partial charge in [0.25, 0.3) is 5.69 Å². The molecule has 30 heavy (non-hydrogen) atoms. The normalized spacial score (nSPS) is 15.7. The van der Waals surface area contributed by atoms with Crippen LogP contribution in [0.5, 0.6) is 0 Å². The van der Waals surface area contributed by atoms with Crippen LogP contribution in [0, 0.1) is 10.1 Å². The van der Waals surface area contributed by atoms with Crippen LogP contribution in [0.2, 0.25) is 0 Å². The van der Waals surface area contributed by atoms with Crippen LogP contribution in [-0.2, 0) is 16.1 Å². The summed E-state index contributed by atoms with van der Waals surface area (Å²) in [6.07, 6.45) is 0. The third-order valence-corrected chi connectivity index (χ3v) is 5.19. The van der Waals surface area contributed by atoms with Crippen LogP contribution >= 0.6 is 0 Å². The van der Waals surface area contributed by atoms with Gasteiger partial charge in [0.1, 0.15) is 0 Å². The molecule has 0 saturated carbocycles. The summed E-state index contributed by atoms with van der Waals surface area (Å²) in [5.74, 6) is -0.145. The molecule has 1 fully saturated rings. The zero-order valence-electron chi connectivity index (χ0n) is 17.2. The maximum atomic E-state index is 12.7. The van der Waals surface area contributed by atoms with Crippen molar-refractivity contribution in [1.29, 1.82) is 0 Å². The molecule has 0 aliphatic carbocycles. The molecule has 1 N–H and O–H groups in total. The van der Waals surface area contributed by atoms with E-state index in [4.69, 9.17) is 4.74 Å². The zero-order valence-corrected chi connectivity index (χ0v) is 17.2. The van der Waals surface area contributed by atoms with Gasteiger partial charge in [-0.2, -0.15) is 0 Å². The third kappa shape index (κ3) is 6.62. The largest absolute Gasteiger partial charge is 0.379 e. The summed E-state index contributed by atoms with van der Waals surface area (Å²) in [6, 6.07) is 16.1. The molecule has 0 spiro atoms. The fraction of sp³-hybridized carbons (Fsp3) is 0.409. The number of ether oxygens (including phenoxy) is 1. The first kappa shape index (κ1) is 21.9. The maximum absolute atomic E-state index is 12.7. The lowest BCUT2D eigenvalue weighted by atomic mass is 10.1. The van der Waals surface area contributed by atoms with Gasteiger partial charge >= 0.3 is 0 Å². The molecule has 2 aromatic carbocycles.